The molecule has 9 heteroatoms. The molecule has 0 amide bonds. The smallest absolute Gasteiger partial charge is 0.335 e. The summed E-state index contributed by atoms with van der Waals surface area (Å²) in [6.07, 6.45) is -3.61. The predicted molar refractivity (Wildman–Crippen MR) is 104 cm³/mol. The largest absolute Gasteiger partial charge is 0.479 e. The zero-order valence-electron chi connectivity index (χ0n) is 16.0. The number of rotatable bonds is 9. The van der Waals surface area contributed by atoms with Gasteiger partial charge in [-0.15, -0.1) is 0 Å². The second-order valence-electron chi connectivity index (χ2n) is 7.14. The van der Waals surface area contributed by atoms with E-state index in [1.54, 1.807) is 0 Å². The zero-order chi connectivity index (χ0) is 21.0. The van der Waals surface area contributed by atoms with Gasteiger partial charge < -0.3 is 24.1 Å². The van der Waals surface area contributed by atoms with Crippen LogP contribution in [0, 0.1) is 0 Å². The molecular weight excluding hydrogens is 390 g/mol. The molecule has 9 nitrogen and oxygen atoms in total. The van der Waals surface area contributed by atoms with Gasteiger partial charge in [-0.05, 0) is 16.7 Å². The Bertz CT molecular complexity index is 921. The van der Waals surface area contributed by atoms with E-state index in [-0.39, 0.29) is 19.8 Å². The quantitative estimate of drug-likeness (QED) is 0.384. The Morgan fingerprint density at radius 1 is 1.03 bits per heavy atom. The van der Waals surface area contributed by atoms with Crippen LogP contribution in [0.2, 0.25) is 0 Å². The number of carbonyl (C=O) groups is 1. The van der Waals surface area contributed by atoms with E-state index in [2.05, 4.69) is 10.0 Å². The van der Waals surface area contributed by atoms with Gasteiger partial charge in [-0.3, -0.25) is 0 Å². The van der Waals surface area contributed by atoms with Crippen molar-refractivity contribution in [2.75, 3.05) is 6.54 Å². The summed E-state index contributed by atoms with van der Waals surface area (Å²) in [6, 6.07) is 19.0. The van der Waals surface area contributed by atoms with Crippen molar-refractivity contribution in [3.05, 3.63) is 82.2 Å². The van der Waals surface area contributed by atoms with Gasteiger partial charge in [0.25, 0.3) is 0 Å². The first-order valence-electron chi connectivity index (χ1n) is 9.53. The molecule has 0 aromatic heterocycles. The molecule has 2 aliphatic heterocycles. The maximum absolute atomic E-state index is 11.7. The molecular formula is C21H21N3O6. The molecule has 2 fully saturated rings. The molecule has 30 heavy (non-hydrogen) atoms. The maximum atomic E-state index is 11.7. The molecule has 156 valence electrons. The van der Waals surface area contributed by atoms with Gasteiger partial charge in [-0.1, -0.05) is 65.8 Å². The van der Waals surface area contributed by atoms with Gasteiger partial charge in [0, 0.05) is 4.91 Å². The number of ether oxygens (including phenoxy) is 4. The first-order chi connectivity index (χ1) is 14.6. The lowest BCUT2D eigenvalue weighted by molar-refractivity contribution is -0.238. The van der Waals surface area contributed by atoms with Crippen molar-refractivity contribution in [1.29, 1.82) is 0 Å². The van der Waals surface area contributed by atoms with Crippen molar-refractivity contribution < 1.29 is 28.8 Å². The van der Waals surface area contributed by atoms with Crippen LogP contribution in [0.1, 0.15) is 11.1 Å². The van der Waals surface area contributed by atoms with Crippen LogP contribution in [0.25, 0.3) is 10.4 Å². The summed E-state index contributed by atoms with van der Waals surface area (Å²) >= 11 is 0. The van der Waals surface area contributed by atoms with Crippen LogP contribution in [0.3, 0.4) is 0 Å². The van der Waals surface area contributed by atoms with Gasteiger partial charge in [0.15, 0.2) is 6.10 Å². The third-order valence-electron chi connectivity index (χ3n) is 5.17. The predicted octanol–water partition coefficient (Wildman–Crippen LogP) is 3.05. The standard InChI is InChI=1S/C21H21N3O6/c22-24-23-13-21-19(28-12-15-9-5-2-6-10-15)17(16(29-21)18(30-21)20(25)26)27-11-14-7-3-1-4-8-14/h1-10,16-19H,11-13H2,(H,25,26)/t16-,17?,18?,19?,21-/m1/s1. The van der Waals surface area contributed by atoms with Crippen LogP contribution in [0.5, 0.6) is 0 Å². The van der Waals surface area contributed by atoms with E-state index in [4.69, 9.17) is 24.5 Å². The first kappa shape index (κ1) is 20.3. The van der Waals surface area contributed by atoms with Crippen LogP contribution in [0.4, 0.5) is 0 Å². The first-order valence-corrected chi connectivity index (χ1v) is 9.53. The SMILES string of the molecule is [N-]=[N+]=NC[C@]12OC(C(=O)O)[C@H](O1)C(OCc1ccccc1)C2OCc1ccccc1. The molecule has 2 aromatic carbocycles. The van der Waals surface area contributed by atoms with Gasteiger partial charge in [-0.2, -0.15) is 0 Å². The van der Waals surface area contributed by atoms with Gasteiger partial charge in [-0.25, -0.2) is 4.79 Å². The normalized spacial score (nSPS) is 29.5. The topological polar surface area (TPSA) is 123 Å². The third-order valence-corrected chi connectivity index (χ3v) is 5.17. The lowest BCUT2D eigenvalue weighted by Gasteiger charge is -2.36. The summed E-state index contributed by atoms with van der Waals surface area (Å²) in [4.78, 5) is 14.5. The van der Waals surface area contributed by atoms with Crippen molar-refractivity contribution in [3.8, 4) is 0 Å². The molecule has 5 atom stereocenters. The second kappa shape index (κ2) is 8.83. The fourth-order valence-corrected chi connectivity index (χ4v) is 3.81. The Balaban J connectivity index is 1.58. The third kappa shape index (κ3) is 4.02. The Hall–Kier alpha value is -2.94. The highest BCUT2D eigenvalue weighted by Gasteiger charge is 2.68. The van der Waals surface area contributed by atoms with E-state index in [1.165, 1.54) is 0 Å². The second-order valence-corrected chi connectivity index (χ2v) is 7.14. The van der Waals surface area contributed by atoms with E-state index in [9.17, 15) is 9.90 Å². The van der Waals surface area contributed by atoms with Gasteiger partial charge >= 0.3 is 5.97 Å². The number of carboxylic acids is 1. The van der Waals surface area contributed by atoms with E-state index in [0.29, 0.717) is 0 Å². The average molecular weight is 411 g/mol. The Labute approximate surface area is 172 Å². The molecule has 4 rings (SSSR count). The molecule has 2 aliphatic rings. The van der Waals surface area contributed by atoms with E-state index in [1.807, 2.05) is 60.7 Å². The van der Waals surface area contributed by atoms with Crippen molar-refractivity contribution in [3.63, 3.8) is 0 Å². The van der Waals surface area contributed by atoms with E-state index < -0.39 is 36.2 Å². The number of hydrogen-bond donors (Lipinski definition) is 1. The average Bonchev–Trinajstić information content (AvgIpc) is 3.30. The summed E-state index contributed by atoms with van der Waals surface area (Å²) in [6.45, 7) is 0.265. The maximum Gasteiger partial charge on any atom is 0.335 e. The molecule has 2 heterocycles. The Morgan fingerprint density at radius 2 is 1.63 bits per heavy atom. The number of hydrogen-bond acceptors (Lipinski definition) is 6. The molecule has 0 aliphatic carbocycles. The van der Waals surface area contributed by atoms with Crippen LogP contribution < -0.4 is 0 Å². The highest BCUT2D eigenvalue weighted by Crippen LogP contribution is 2.46. The van der Waals surface area contributed by atoms with E-state index in [0.717, 1.165) is 11.1 Å². The summed E-state index contributed by atoms with van der Waals surface area (Å²) in [5.41, 5.74) is 10.7. The van der Waals surface area contributed by atoms with Crippen LogP contribution >= 0.6 is 0 Å². The summed E-state index contributed by atoms with van der Waals surface area (Å²) in [5.74, 6) is -2.69. The minimum atomic E-state index is -1.52. The van der Waals surface area contributed by atoms with Crippen molar-refractivity contribution >= 4 is 5.97 Å². The van der Waals surface area contributed by atoms with Crippen LogP contribution in [-0.4, -0.2) is 47.8 Å². The minimum absolute atomic E-state index is 0.228. The molecule has 2 saturated heterocycles. The Morgan fingerprint density at radius 3 is 2.20 bits per heavy atom. The number of benzene rings is 2. The fourth-order valence-electron chi connectivity index (χ4n) is 3.81. The number of nitrogens with zero attached hydrogens (tertiary/aromatic N) is 3. The fraction of sp³-hybridized carbons (Fsp3) is 0.381. The van der Waals surface area contributed by atoms with E-state index >= 15 is 0 Å². The minimum Gasteiger partial charge on any atom is -0.479 e. The molecule has 0 spiro atoms. The van der Waals surface area contributed by atoms with Gasteiger partial charge in [0.05, 0.1) is 19.8 Å². The number of azide groups is 1. The van der Waals surface area contributed by atoms with Crippen LogP contribution in [0.15, 0.2) is 65.8 Å². The highest BCUT2D eigenvalue weighted by molar-refractivity contribution is 5.74. The molecule has 2 bridgehead atoms. The molecule has 0 radical (unpaired) electrons. The number of carboxylic acid groups (broad SMARTS) is 1. The summed E-state index contributed by atoms with van der Waals surface area (Å²) < 4.78 is 23.8. The molecule has 2 aromatic rings. The number of aliphatic carboxylic acids is 1. The van der Waals surface area contributed by atoms with Crippen LogP contribution in [-0.2, 0) is 37.0 Å². The van der Waals surface area contributed by atoms with Gasteiger partial charge in [0.2, 0.25) is 5.79 Å². The molecule has 0 saturated carbocycles. The molecule has 3 unspecified atom stereocenters. The van der Waals surface area contributed by atoms with Gasteiger partial charge in [0.1, 0.15) is 18.3 Å². The number of fused-ring (bicyclic) bond motifs is 2. The van der Waals surface area contributed by atoms with Crippen molar-refractivity contribution in [2.45, 2.75) is 43.4 Å². The monoisotopic (exact) mass is 411 g/mol. The molecule has 1 N–H and O–H groups in total. The zero-order valence-corrected chi connectivity index (χ0v) is 16.0. The van der Waals surface area contributed by atoms with Crippen molar-refractivity contribution in [1.82, 2.24) is 0 Å². The summed E-state index contributed by atoms with van der Waals surface area (Å²) in [5, 5.41) is 13.1. The Kier molecular flexibility index (Phi) is 5.98. The lowest BCUT2D eigenvalue weighted by Crippen LogP contribution is -2.57. The lowest BCUT2D eigenvalue weighted by atomic mass is 9.97. The van der Waals surface area contributed by atoms with Crippen molar-refractivity contribution in [2.24, 2.45) is 5.11 Å². The highest BCUT2D eigenvalue weighted by atomic mass is 16.8. The summed E-state index contributed by atoms with van der Waals surface area (Å²) in [7, 11) is 0.